The van der Waals surface area contributed by atoms with Gasteiger partial charge in [0.05, 0.1) is 10.8 Å². The van der Waals surface area contributed by atoms with E-state index in [0.717, 1.165) is 58.8 Å². The maximum Gasteiger partial charge on any atom is 0.420 e. The minimum absolute atomic E-state index is 0. The van der Waals surface area contributed by atoms with E-state index in [4.69, 9.17) is 9.47 Å². The van der Waals surface area contributed by atoms with E-state index in [1.807, 2.05) is 0 Å². The van der Waals surface area contributed by atoms with Gasteiger partial charge in [-0.1, -0.05) is 43.6 Å². The molecule has 0 spiro atoms. The first kappa shape index (κ1) is 54.5. The van der Waals surface area contributed by atoms with Crippen LogP contribution in [0.25, 0.3) is 0 Å². The summed E-state index contributed by atoms with van der Waals surface area (Å²) in [5.41, 5.74) is -8.06. The van der Waals surface area contributed by atoms with E-state index < -0.39 is 58.5 Å². The van der Waals surface area contributed by atoms with Gasteiger partial charge in [0.1, 0.15) is 12.2 Å². The molecular weight excluding hydrogens is 762 g/mol. The molecule has 4 unspecified atom stereocenters. The number of carbonyl (C=O) groups is 2. The van der Waals surface area contributed by atoms with Crippen molar-refractivity contribution in [2.45, 2.75) is 217 Å². The van der Waals surface area contributed by atoms with E-state index in [0.29, 0.717) is 54.3 Å². The molecule has 8 bridgehead atoms. The lowest BCUT2D eigenvalue weighted by molar-refractivity contribution is -0.292. The maximum absolute atomic E-state index is 13.6. The number of carbonyl (C=O) groups excluding carboxylic acids is 2. The number of ether oxygens (including phenoxy) is 2. The second-order valence-corrected chi connectivity index (χ2v) is 20.5. The third kappa shape index (κ3) is 11.1. The first-order chi connectivity index (χ1) is 24.6. The van der Waals surface area contributed by atoms with Crippen molar-refractivity contribution >= 4 is 11.9 Å². The van der Waals surface area contributed by atoms with Gasteiger partial charge in [-0.05, 0) is 191 Å². The van der Waals surface area contributed by atoms with Crippen LogP contribution in [0.1, 0.15) is 181 Å². The average Bonchev–Trinajstić information content (AvgIpc) is 3.03. The zero-order valence-electron chi connectivity index (χ0n) is 33.7. The molecule has 0 aromatic heterocycles. The van der Waals surface area contributed by atoms with Crippen molar-refractivity contribution < 1.29 is 55.6 Å². The number of hydrogen-bond donors (Lipinski definition) is 2. The van der Waals surface area contributed by atoms with Crippen LogP contribution in [0, 0.1) is 63.6 Å². The molecule has 8 fully saturated rings. The third-order valence-electron chi connectivity index (χ3n) is 15.5. The number of rotatable bonds is 12. The SMILES string of the molecule is C.C.C.C.CCC(C)(C)C(=O)OC(CC12CC3CC(CC(C3)C1)C2)C(C)(O)C(F)(F)F.CCC(C)(C)C(=O)OC(CC1C2CC3CC(C2)CC1C3)C(C)(O)C(F)(F)F. The molecule has 6 nitrogen and oxygen atoms in total. The molecule has 58 heavy (non-hydrogen) atoms. The summed E-state index contributed by atoms with van der Waals surface area (Å²) in [6.07, 6.45) is 0.141. The molecule has 0 radical (unpaired) electrons. The minimum Gasteiger partial charge on any atom is -0.459 e. The first-order valence-corrected chi connectivity index (χ1v) is 20.6. The molecule has 4 atom stereocenters. The maximum atomic E-state index is 13.6. The Bertz CT molecular complexity index is 1290. The van der Waals surface area contributed by atoms with Crippen LogP contribution in [0.2, 0.25) is 0 Å². The topological polar surface area (TPSA) is 93.1 Å². The molecule has 8 saturated carbocycles. The Balaban J connectivity index is 0.000000543. The molecule has 0 aromatic rings. The van der Waals surface area contributed by atoms with E-state index >= 15 is 0 Å². The molecule has 2 N–H and O–H groups in total. The van der Waals surface area contributed by atoms with E-state index in [-0.39, 0.29) is 53.9 Å². The molecule has 0 saturated heterocycles. The van der Waals surface area contributed by atoms with Gasteiger partial charge in [-0.2, -0.15) is 26.3 Å². The van der Waals surface area contributed by atoms with Crippen LogP contribution in [0.15, 0.2) is 0 Å². The van der Waals surface area contributed by atoms with Crippen LogP contribution in [-0.2, 0) is 19.1 Å². The van der Waals surface area contributed by atoms with Gasteiger partial charge < -0.3 is 19.7 Å². The smallest absolute Gasteiger partial charge is 0.420 e. The Morgan fingerprint density at radius 2 is 0.879 bits per heavy atom. The standard InChI is InChI=1S/2C21H33F3O3.4CH4/c1-5-18(2,3)17(25)27-16(19(4,26)21(22,23)24)12-20-9-13-6-14(10-20)8-15(7-13)11-20;1-5-19(2,3)18(25)27-17(20(4,26)21(22,23)24)11-16-14-7-12-6-13(9-14)10-15(16)8-12;;;;/h13-16,26H,5-12H2,1-4H3;12-17,26H,5-11H2,1-4H3;4*1H4. The summed E-state index contributed by atoms with van der Waals surface area (Å²) in [7, 11) is 0. The van der Waals surface area contributed by atoms with Gasteiger partial charge in [0.15, 0.2) is 11.2 Å². The predicted octanol–water partition coefficient (Wildman–Crippen LogP) is 12.9. The zero-order chi connectivity index (χ0) is 40.4. The third-order valence-corrected chi connectivity index (χ3v) is 15.5. The lowest BCUT2D eigenvalue weighted by Gasteiger charge is -2.58. The Labute approximate surface area is 347 Å². The van der Waals surface area contributed by atoms with E-state index in [2.05, 4.69) is 0 Å². The largest absolute Gasteiger partial charge is 0.459 e. The summed E-state index contributed by atoms with van der Waals surface area (Å²) in [4.78, 5) is 25.1. The summed E-state index contributed by atoms with van der Waals surface area (Å²) >= 11 is 0. The summed E-state index contributed by atoms with van der Waals surface area (Å²) in [5, 5.41) is 20.7. The molecule has 8 aliphatic rings. The van der Waals surface area contributed by atoms with Crippen LogP contribution in [0.4, 0.5) is 26.3 Å². The lowest BCUT2D eigenvalue weighted by Crippen LogP contribution is -2.57. The van der Waals surface area contributed by atoms with Gasteiger partial charge in [-0.25, -0.2) is 0 Å². The highest BCUT2D eigenvalue weighted by atomic mass is 19.4. The van der Waals surface area contributed by atoms with Gasteiger partial charge in [0.25, 0.3) is 0 Å². The fraction of sp³-hybridized carbons (Fsp3) is 0.957. The van der Waals surface area contributed by atoms with Crippen molar-refractivity contribution in [3.63, 3.8) is 0 Å². The van der Waals surface area contributed by atoms with Crippen LogP contribution in [-0.4, -0.2) is 57.9 Å². The molecule has 8 aliphatic carbocycles. The van der Waals surface area contributed by atoms with Crippen molar-refractivity contribution in [1.29, 1.82) is 0 Å². The predicted molar refractivity (Wildman–Crippen MR) is 219 cm³/mol. The second-order valence-electron chi connectivity index (χ2n) is 20.5. The van der Waals surface area contributed by atoms with Crippen LogP contribution in [0.5, 0.6) is 0 Å². The second kappa shape index (κ2) is 18.8. The molecule has 8 rings (SSSR count). The number of hydrogen-bond acceptors (Lipinski definition) is 6. The molecule has 12 heteroatoms. The lowest BCUT2D eigenvalue weighted by atomic mass is 9.48. The van der Waals surface area contributed by atoms with Crippen molar-refractivity contribution in [2.24, 2.45) is 63.6 Å². The van der Waals surface area contributed by atoms with Crippen LogP contribution < -0.4 is 0 Å². The highest BCUT2D eigenvalue weighted by molar-refractivity contribution is 5.76. The van der Waals surface area contributed by atoms with Crippen molar-refractivity contribution in [1.82, 2.24) is 0 Å². The molecular formula is C46H82F6O6. The molecule has 0 aromatic carbocycles. The van der Waals surface area contributed by atoms with Gasteiger partial charge in [-0.15, -0.1) is 0 Å². The summed E-state index contributed by atoms with van der Waals surface area (Å²) in [6, 6.07) is 0. The van der Waals surface area contributed by atoms with Gasteiger partial charge in [0.2, 0.25) is 0 Å². The highest BCUT2D eigenvalue weighted by Gasteiger charge is 2.62. The monoisotopic (exact) mass is 845 g/mol. The number of esters is 2. The number of aliphatic hydroxyl groups is 2. The van der Waals surface area contributed by atoms with E-state index in [1.54, 1.807) is 41.5 Å². The minimum atomic E-state index is -4.85. The van der Waals surface area contributed by atoms with E-state index in [1.165, 1.54) is 25.7 Å². The van der Waals surface area contributed by atoms with Crippen molar-refractivity contribution in [3.05, 3.63) is 0 Å². The molecule has 0 amide bonds. The Morgan fingerprint density at radius 1 is 0.569 bits per heavy atom. The Kier molecular flexibility index (Phi) is 17.7. The summed E-state index contributed by atoms with van der Waals surface area (Å²) < 4.78 is 92.5. The van der Waals surface area contributed by atoms with Crippen molar-refractivity contribution in [3.8, 4) is 0 Å². The molecule has 0 aliphatic heterocycles. The Morgan fingerprint density at radius 3 is 1.21 bits per heavy atom. The summed E-state index contributed by atoms with van der Waals surface area (Å²) in [6.45, 7) is 11.8. The normalized spacial score (nSPS) is 33.9. The fourth-order valence-corrected chi connectivity index (χ4v) is 11.6. The van der Waals surface area contributed by atoms with Crippen LogP contribution >= 0.6 is 0 Å². The number of alkyl halides is 6. The Hall–Kier alpha value is -1.56. The highest BCUT2D eigenvalue weighted by Crippen LogP contribution is 2.63. The quantitative estimate of drug-likeness (QED) is 0.150. The van der Waals surface area contributed by atoms with Crippen LogP contribution in [0.3, 0.4) is 0 Å². The number of halogens is 6. The van der Waals surface area contributed by atoms with Crippen molar-refractivity contribution in [2.75, 3.05) is 0 Å². The molecule has 344 valence electrons. The van der Waals surface area contributed by atoms with E-state index in [9.17, 15) is 46.1 Å². The van der Waals surface area contributed by atoms with Gasteiger partial charge in [0, 0.05) is 0 Å². The zero-order valence-corrected chi connectivity index (χ0v) is 33.7. The fourth-order valence-electron chi connectivity index (χ4n) is 11.6. The van der Waals surface area contributed by atoms with Gasteiger partial charge >= 0.3 is 24.3 Å². The summed E-state index contributed by atoms with van der Waals surface area (Å²) in [5.74, 6) is 2.76. The molecule has 0 heterocycles. The first-order valence-electron chi connectivity index (χ1n) is 20.6. The average molecular weight is 845 g/mol. The van der Waals surface area contributed by atoms with Gasteiger partial charge in [-0.3, -0.25) is 9.59 Å².